The standard InChI is InChI=1S/C28H28Cl2F3N3O4S/c1-40-26(37)27(19-2-7-22(29)8-3-19,20-4-9-23(30)10-5-20)21-6-11-24(34)25(16-21)35-17-18-12-14-36(15-13-18)41(38,39)28(31,32)33/h2-11,16,18,35H,12-15,17,34H2,1H3. The number of rotatable bonds is 8. The molecule has 1 aliphatic heterocycles. The van der Waals surface area contributed by atoms with Gasteiger partial charge in [-0.05, 0) is 71.8 Å². The maximum atomic E-state index is 13.7. The molecule has 0 spiro atoms. The summed E-state index contributed by atoms with van der Waals surface area (Å²) in [5.41, 5.74) is 2.13. The van der Waals surface area contributed by atoms with Crippen molar-refractivity contribution in [2.24, 2.45) is 5.92 Å². The average Bonchev–Trinajstić information content (AvgIpc) is 2.94. The van der Waals surface area contributed by atoms with Crippen LogP contribution in [0.15, 0.2) is 66.7 Å². The lowest BCUT2D eigenvalue weighted by Gasteiger charge is -2.34. The monoisotopic (exact) mass is 629 g/mol. The summed E-state index contributed by atoms with van der Waals surface area (Å²) in [5.74, 6) is -0.660. The van der Waals surface area contributed by atoms with Crippen molar-refractivity contribution in [3.8, 4) is 0 Å². The van der Waals surface area contributed by atoms with Gasteiger partial charge in [0.25, 0.3) is 0 Å². The van der Waals surface area contributed by atoms with Gasteiger partial charge < -0.3 is 15.8 Å². The molecule has 1 fully saturated rings. The number of nitrogens with zero attached hydrogens (tertiary/aromatic N) is 1. The summed E-state index contributed by atoms with van der Waals surface area (Å²) in [4.78, 5) is 13.7. The van der Waals surface area contributed by atoms with Gasteiger partial charge in [0.1, 0.15) is 5.41 Å². The number of nitrogens with two attached hydrogens (primary N) is 1. The molecule has 1 saturated heterocycles. The quantitative estimate of drug-likeness (QED) is 0.178. The van der Waals surface area contributed by atoms with Crippen LogP contribution < -0.4 is 11.1 Å². The number of hydrogen-bond donors (Lipinski definition) is 2. The minimum Gasteiger partial charge on any atom is -0.468 e. The number of nitrogen functional groups attached to an aromatic ring is 1. The zero-order chi connectivity index (χ0) is 30.0. The molecule has 3 aromatic rings. The van der Waals surface area contributed by atoms with Crippen molar-refractivity contribution in [1.82, 2.24) is 4.31 Å². The van der Waals surface area contributed by atoms with Crippen LogP contribution in [-0.4, -0.2) is 50.9 Å². The second-order valence-corrected chi connectivity index (χ2v) is 12.5. The van der Waals surface area contributed by atoms with Crippen LogP contribution in [0.1, 0.15) is 29.5 Å². The molecular formula is C28H28Cl2F3N3O4S. The van der Waals surface area contributed by atoms with Crippen molar-refractivity contribution in [1.29, 1.82) is 0 Å². The van der Waals surface area contributed by atoms with Gasteiger partial charge in [-0.25, -0.2) is 8.42 Å². The zero-order valence-electron chi connectivity index (χ0n) is 21.9. The summed E-state index contributed by atoms with van der Waals surface area (Å²) in [7, 11) is -4.06. The summed E-state index contributed by atoms with van der Waals surface area (Å²) in [6.07, 6.45) is 0.479. The van der Waals surface area contributed by atoms with Crippen LogP contribution in [0.4, 0.5) is 24.5 Å². The summed E-state index contributed by atoms with van der Waals surface area (Å²) >= 11 is 12.3. The first-order valence-electron chi connectivity index (χ1n) is 12.6. The first kappa shape index (κ1) is 31.0. The third kappa shape index (κ3) is 6.13. The minimum absolute atomic E-state index is 0.101. The van der Waals surface area contributed by atoms with Crippen molar-refractivity contribution in [3.05, 3.63) is 93.5 Å². The average molecular weight is 631 g/mol. The number of benzene rings is 3. The predicted molar refractivity (Wildman–Crippen MR) is 153 cm³/mol. The molecule has 0 aromatic heterocycles. The van der Waals surface area contributed by atoms with Crippen molar-refractivity contribution in [2.45, 2.75) is 23.8 Å². The second kappa shape index (κ2) is 12.1. The lowest BCUT2D eigenvalue weighted by Crippen LogP contribution is -2.45. The fourth-order valence-electron chi connectivity index (χ4n) is 5.10. The SMILES string of the molecule is COC(=O)C(c1ccc(Cl)cc1)(c1ccc(Cl)cc1)c1ccc(N)c(NCC2CCN(S(=O)(=O)C(F)(F)F)CC2)c1. The normalized spacial score (nSPS) is 15.5. The minimum atomic E-state index is -5.36. The van der Waals surface area contributed by atoms with Gasteiger partial charge in [-0.2, -0.15) is 17.5 Å². The van der Waals surface area contributed by atoms with Crippen molar-refractivity contribution in [2.75, 3.05) is 37.8 Å². The summed E-state index contributed by atoms with van der Waals surface area (Å²) in [6, 6.07) is 18.7. The first-order chi connectivity index (χ1) is 19.3. The second-order valence-electron chi connectivity index (χ2n) is 9.73. The van der Waals surface area contributed by atoms with E-state index in [-0.39, 0.29) is 31.8 Å². The number of halogens is 5. The number of piperidine rings is 1. The smallest absolute Gasteiger partial charge is 0.468 e. The maximum Gasteiger partial charge on any atom is 0.511 e. The zero-order valence-corrected chi connectivity index (χ0v) is 24.2. The molecule has 1 aliphatic rings. The van der Waals surface area contributed by atoms with Gasteiger partial charge in [-0.15, -0.1) is 0 Å². The van der Waals surface area contributed by atoms with E-state index in [1.165, 1.54) is 7.11 Å². The van der Waals surface area contributed by atoms with Gasteiger partial charge in [0.2, 0.25) is 0 Å². The third-order valence-corrected chi connectivity index (χ3v) is 9.45. The number of alkyl halides is 3. The molecule has 0 aliphatic carbocycles. The Morgan fingerprint density at radius 3 is 1.90 bits per heavy atom. The molecule has 3 N–H and O–H groups in total. The van der Waals surface area contributed by atoms with Crippen LogP contribution in [0.2, 0.25) is 10.0 Å². The lowest BCUT2D eigenvalue weighted by molar-refractivity contribution is -0.144. The number of carbonyl (C=O) groups excluding carboxylic acids is 1. The molecule has 41 heavy (non-hydrogen) atoms. The van der Waals surface area contributed by atoms with Crippen molar-refractivity contribution >= 4 is 50.6 Å². The number of esters is 1. The molecule has 220 valence electrons. The Balaban J connectivity index is 1.66. The van der Waals surface area contributed by atoms with Gasteiger partial charge in [0.15, 0.2) is 0 Å². The molecule has 0 unspecified atom stereocenters. The van der Waals surface area contributed by atoms with Gasteiger partial charge in [0, 0.05) is 29.7 Å². The Hall–Kier alpha value is -2.99. The molecule has 0 radical (unpaired) electrons. The summed E-state index contributed by atoms with van der Waals surface area (Å²) < 4.78 is 68.1. The van der Waals surface area contributed by atoms with E-state index in [4.69, 9.17) is 33.7 Å². The molecule has 0 amide bonds. The van der Waals surface area contributed by atoms with Gasteiger partial charge >= 0.3 is 21.5 Å². The van der Waals surface area contributed by atoms with E-state index < -0.39 is 26.9 Å². The molecule has 1 heterocycles. The Morgan fingerprint density at radius 1 is 0.951 bits per heavy atom. The van der Waals surface area contributed by atoms with Gasteiger partial charge in [-0.3, -0.25) is 4.79 Å². The number of nitrogens with one attached hydrogen (secondary N) is 1. The Bertz CT molecular complexity index is 1450. The van der Waals surface area contributed by atoms with E-state index in [2.05, 4.69) is 5.32 Å². The fraction of sp³-hybridized carbons (Fsp3) is 0.321. The molecular weight excluding hydrogens is 602 g/mol. The largest absolute Gasteiger partial charge is 0.511 e. The molecule has 0 atom stereocenters. The maximum absolute atomic E-state index is 13.7. The van der Waals surface area contributed by atoms with E-state index in [9.17, 15) is 26.4 Å². The molecule has 13 heteroatoms. The highest BCUT2D eigenvalue weighted by Gasteiger charge is 2.50. The third-order valence-electron chi connectivity index (χ3n) is 7.32. The topological polar surface area (TPSA) is 102 Å². The molecule has 0 bridgehead atoms. The molecule has 4 rings (SSSR count). The number of ether oxygens (including phenoxy) is 1. The number of anilines is 2. The first-order valence-corrected chi connectivity index (χ1v) is 14.8. The van der Waals surface area contributed by atoms with E-state index in [1.54, 1.807) is 66.7 Å². The van der Waals surface area contributed by atoms with Crippen LogP contribution >= 0.6 is 23.2 Å². The van der Waals surface area contributed by atoms with Crippen LogP contribution in [0, 0.1) is 5.92 Å². The van der Waals surface area contributed by atoms with E-state index >= 15 is 0 Å². The van der Waals surface area contributed by atoms with Gasteiger partial charge in [-0.1, -0.05) is 53.5 Å². The highest BCUT2D eigenvalue weighted by molar-refractivity contribution is 7.90. The lowest BCUT2D eigenvalue weighted by atomic mass is 9.69. The van der Waals surface area contributed by atoms with Crippen molar-refractivity contribution in [3.63, 3.8) is 0 Å². The van der Waals surface area contributed by atoms with Crippen molar-refractivity contribution < 1.29 is 31.1 Å². The van der Waals surface area contributed by atoms with Crippen LogP contribution in [0.5, 0.6) is 0 Å². The number of carbonyl (C=O) groups is 1. The van der Waals surface area contributed by atoms with Crippen LogP contribution in [-0.2, 0) is 25.0 Å². The van der Waals surface area contributed by atoms with E-state index in [0.717, 1.165) is 0 Å². The highest BCUT2D eigenvalue weighted by atomic mass is 35.5. The van der Waals surface area contributed by atoms with E-state index in [1.807, 2.05) is 0 Å². The Labute approximate surface area is 246 Å². The summed E-state index contributed by atoms with van der Waals surface area (Å²) in [5, 5.41) is 4.21. The molecule has 3 aromatic carbocycles. The molecule has 0 saturated carbocycles. The number of hydrogen-bond acceptors (Lipinski definition) is 6. The highest BCUT2D eigenvalue weighted by Crippen LogP contribution is 2.43. The number of sulfonamides is 1. The van der Waals surface area contributed by atoms with Crippen LogP contribution in [0.3, 0.4) is 0 Å². The fourth-order valence-corrected chi connectivity index (χ4v) is 6.34. The summed E-state index contributed by atoms with van der Waals surface area (Å²) in [6.45, 7) is -0.134. The Kier molecular flexibility index (Phi) is 9.13. The predicted octanol–water partition coefficient (Wildman–Crippen LogP) is 6.06. The number of methoxy groups -OCH3 is 1. The molecule has 7 nitrogen and oxygen atoms in total. The van der Waals surface area contributed by atoms with E-state index in [0.29, 0.717) is 49.0 Å². The Morgan fingerprint density at radius 2 is 1.44 bits per heavy atom. The van der Waals surface area contributed by atoms with Crippen LogP contribution in [0.25, 0.3) is 0 Å². The van der Waals surface area contributed by atoms with Gasteiger partial charge in [0.05, 0.1) is 18.5 Å².